The summed E-state index contributed by atoms with van der Waals surface area (Å²) in [6.07, 6.45) is 7.97. The van der Waals surface area contributed by atoms with Crippen LogP contribution in [-0.4, -0.2) is 62.4 Å². The zero-order valence-corrected chi connectivity index (χ0v) is 16.3. The molecule has 21 heavy (non-hydrogen) atoms. The van der Waals surface area contributed by atoms with Gasteiger partial charge in [-0.1, -0.05) is 55.2 Å². The highest BCUT2D eigenvalue weighted by Gasteiger charge is 1.97. The largest absolute Gasteiger partial charge is 0.379 e. The summed E-state index contributed by atoms with van der Waals surface area (Å²) in [5.74, 6) is 0. The van der Waals surface area contributed by atoms with Crippen LogP contribution in [0.3, 0.4) is 0 Å². The van der Waals surface area contributed by atoms with Gasteiger partial charge in [-0.05, 0) is 39.5 Å². The lowest BCUT2D eigenvalue weighted by molar-refractivity contribution is 0.125. The van der Waals surface area contributed by atoms with E-state index in [-0.39, 0.29) is 0 Å². The van der Waals surface area contributed by atoms with Gasteiger partial charge in [0.15, 0.2) is 0 Å². The van der Waals surface area contributed by atoms with Gasteiger partial charge in [-0.15, -0.1) is 0 Å². The zero-order valence-electron chi connectivity index (χ0n) is 14.1. The molecule has 0 bridgehead atoms. The number of hydrogen-bond acceptors (Lipinski definition) is 4. The van der Waals surface area contributed by atoms with Crippen LogP contribution in [0.4, 0.5) is 0 Å². The van der Waals surface area contributed by atoms with E-state index < -0.39 is 0 Å². The molecule has 0 aromatic carbocycles. The zero-order chi connectivity index (χ0) is 15.6. The van der Waals surface area contributed by atoms with Crippen molar-refractivity contribution in [1.82, 2.24) is 15.5 Å². The summed E-state index contributed by atoms with van der Waals surface area (Å²) in [5.41, 5.74) is 0. The first-order valence-corrected chi connectivity index (χ1v) is 10.1. The van der Waals surface area contributed by atoms with Crippen molar-refractivity contribution in [3.05, 3.63) is 0 Å². The molecule has 0 radical (unpaired) electrons. The van der Waals surface area contributed by atoms with E-state index in [0.717, 1.165) is 50.5 Å². The van der Waals surface area contributed by atoms with Crippen LogP contribution >= 0.6 is 22.6 Å². The number of unbranched alkanes of at least 4 members (excludes halogenated alkanes) is 4. The van der Waals surface area contributed by atoms with Gasteiger partial charge in [0.1, 0.15) is 0 Å². The molecule has 0 heterocycles. The number of rotatable bonds is 17. The predicted octanol–water partition coefficient (Wildman–Crippen LogP) is 2.87. The molecular formula is C16H36IN3O. The van der Waals surface area contributed by atoms with Gasteiger partial charge in [0.05, 0.1) is 13.2 Å². The van der Waals surface area contributed by atoms with Crippen molar-refractivity contribution in [2.24, 2.45) is 0 Å². The van der Waals surface area contributed by atoms with Crippen LogP contribution in [0, 0.1) is 0 Å². The topological polar surface area (TPSA) is 36.5 Å². The third-order valence-corrected chi connectivity index (χ3v) is 3.88. The summed E-state index contributed by atoms with van der Waals surface area (Å²) < 4.78 is 6.57. The van der Waals surface area contributed by atoms with Gasteiger partial charge in [0, 0.05) is 17.6 Å². The van der Waals surface area contributed by atoms with Crippen molar-refractivity contribution in [3.8, 4) is 0 Å². The fraction of sp³-hybridized carbons (Fsp3) is 1.00. The summed E-state index contributed by atoms with van der Waals surface area (Å²) >= 11 is 2.34. The molecule has 0 atom stereocenters. The maximum atomic E-state index is 5.49. The first-order chi connectivity index (χ1) is 10.3. The van der Waals surface area contributed by atoms with Gasteiger partial charge in [-0.3, -0.25) is 0 Å². The molecule has 0 spiro atoms. The van der Waals surface area contributed by atoms with Gasteiger partial charge in [0.2, 0.25) is 0 Å². The molecule has 2 N–H and O–H groups in total. The van der Waals surface area contributed by atoms with Crippen LogP contribution in [-0.2, 0) is 4.74 Å². The minimum absolute atomic E-state index is 0.854. The van der Waals surface area contributed by atoms with E-state index in [1.54, 1.807) is 0 Å². The number of ether oxygens (including phenoxy) is 1. The van der Waals surface area contributed by atoms with E-state index in [1.165, 1.54) is 38.5 Å². The van der Waals surface area contributed by atoms with Crippen LogP contribution in [0.5, 0.6) is 0 Å². The number of halogens is 1. The lowest BCUT2D eigenvalue weighted by atomic mass is 10.1. The minimum atomic E-state index is 0.854. The second-order valence-corrected chi connectivity index (χ2v) is 6.63. The molecule has 0 aromatic rings. The van der Waals surface area contributed by atoms with Crippen molar-refractivity contribution in [2.75, 3.05) is 57.5 Å². The molecule has 0 amide bonds. The Morgan fingerprint density at radius 1 is 0.905 bits per heavy atom. The van der Waals surface area contributed by atoms with Crippen LogP contribution in [0.1, 0.15) is 45.4 Å². The molecule has 0 aliphatic rings. The molecule has 0 saturated carbocycles. The smallest absolute Gasteiger partial charge is 0.0593 e. The molecule has 128 valence electrons. The molecule has 0 rings (SSSR count). The number of nitrogens with one attached hydrogen (secondary N) is 2. The Labute approximate surface area is 145 Å². The normalized spacial score (nSPS) is 11.4. The molecule has 0 fully saturated rings. The van der Waals surface area contributed by atoms with E-state index >= 15 is 0 Å². The van der Waals surface area contributed by atoms with Crippen molar-refractivity contribution >= 4 is 22.6 Å². The summed E-state index contributed by atoms with van der Waals surface area (Å²) in [6, 6.07) is 0. The quantitative estimate of drug-likeness (QED) is 0.166. The molecule has 0 unspecified atom stereocenters. The summed E-state index contributed by atoms with van der Waals surface area (Å²) in [5, 5.41) is 6.90. The first kappa shape index (κ1) is 21.6. The minimum Gasteiger partial charge on any atom is -0.379 e. The number of hydrogen-bond donors (Lipinski definition) is 2. The van der Waals surface area contributed by atoms with Crippen molar-refractivity contribution in [1.29, 1.82) is 0 Å². The number of alkyl halides is 1. The summed E-state index contributed by atoms with van der Waals surface area (Å²) in [7, 11) is 2.17. The fourth-order valence-electron chi connectivity index (χ4n) is 2.08. The Bertz CT molecular complexity index is 196. The van der Waals surface area contributed by atoms with Gasteiger partial charge in [0.25, 0.3) is 0 Å². The first-order valence-electron chi connectivity index (χ1n) is 8.55. The van der Waals surface area contributed by atoms with Crippen LogP contribution < -0.4 is 10.6 Å². The molecule has 4 nitrogen and oxygen atoms in total. The highest BCUT2D eigenvalue weighted by atomic mass is 127. The Hall–Kier alpha value is 0.570. The third kappa shape index (κ3) is 18.5. The average molecular weight is 413 g/mol. The molecule has 0 saturated heterocycles. The predicted molar refractivity (Wildman–Crippen MR) is 101 cm³/mol. The molecule has 0 aliphatic carbocycles. The number of likely N-dealkylation sites (N-methyl/N-ethyl adjacent to an activating group) is 1. The highest BCUT2D eigenvalue weighted by molar-refractivity contribution is 14.1. The summed E-state index contributed by atoms with van der Waals surface area (Å²) in [4.78, 5) is 2.34. The van der Waals surface area contributed by atoms with Gasteiger partial charge in [-0.25, -0.2) is 0 Å². The Morgan fingerprint density at radius 3 is 2.33 bits per heavy atom. The molecular weight excluding hydrogens is 377 g/mol. The van der Waals surface area contributed by atoms with Crippen molar-refractivity contribution in [3.63, 3.8) is 0 Å². The number of nitrogens with zero attached hydrogens (tertiary/aromatic N) is 1. The second kappa shape index (κ2) is 18.6. The second-order valence-electron chi connectivity index (χ2n) is 5.55. The van der Waals surface area contributed by atoms with Crippen molar-refractivity contribution < 1.29 is 4.74 Å². The van der Waals surface area contributed by atoms with Crippen LogP contribution in [0.25, 0.3) is 0 Å². The van der Waals surface area contributed by atoms with Crippen LogP contribution in [0.2, 0.25) is 0 Å². The SMILES string of the molecule is CCCCCCCNCNCCCN(C)CCOCCI. The third-order valence-electron chi connectivity index (χ3n) is 3.44. The Morgan fingerprint density at radius 2 is 1.62 bits per heavy atom. The van der Waals surface area contributed by atoms with E-state index in [4.69, 9.17) is 4.74 Å². The van der Waals surface area contributed by atoms with E-state index in [2.05, 4.69) is 52.1 Å². The summed E-state index contributed by atoms with van der Waals surface area (Å²) in [6.45, 7) is 9.33. The van der Waals surface area contributed by atoms with Gasteiger partial charge >= 0.3 is 0 Å². The maximum absolute atomic E-state index is 5.49. The van der Waals surface area contributed by atoms with Crippen LogP contribution in [0.15, 0.2) is 0 Å². The molecule has 0 aromatic heterocycles. The molecule has 5 heteroatoms. The highest BCUT2D eigenvalue weighted by Crippen LogP contribution is 2.00. The van der Waals surface area contributed by atoms with Gasteiger partial charge < -0.3 is 20.3 Å². The van der Waals surface area contributed by atoms with E-state index in [0.29, 0.717) is 0 Å². The Kier molecular flexibility index (Phi) is 19.1. The molecule has 0 aliphatic heterocycles. The standard InChI is InChI=1S/C16H36IN3O/c1-3-4-5-6-7-10-18-16-19-11-8-12-20(2)13-15-21-14-9-17/h18-19H,3-16H2,1-2H3. The fourth-order valence-corrected chi connectivity index (χ4v) is 2.39. The lowest BCUT2D eigenvalue weighted by Gasteiger charge is -2.16. The van der Waals surface area contributed by atoms with Gasteiger partial charge in [-0.2, -0.15) is 0 Å². The van der Waals surface area contributed by atoms with E-state index in [1.807, 2.05) is 0 Å². The Balaban J connectivity index is 3.07. The maximum Gasteiger partial charge on any atom is 0.0593 e. The van der Waals surface area contributed by atoms with E-state index in [9.17, 15) is 0 Å². The lowest BCUT2D eigenvalue weighted by Crippen LogP contribution is -2.32. The monoisotopic (exact) mass is 413 g/mol. The average Bonchev–Trinajstić information content (AvgIpc) is 2.49. The van der Waals surface area contributed by atoms with Crippen molar-refractivity contribution in [2.45, 2.75) is 45.4 Å².